The molecule has 1 saturated heterocycles. The van der Waals surface area contributed by atoms with Gasteiger partial charge in [0.2, 0.25) is 6.79 Å². The predicted octanol–water partition coefficient (Wildman–Crippen LogP) is 2.85. The van der Waals surface area contributed by atoms with E-state index in [1.165, 1.54) is 0 Å². The number of fused-ring (bicyclic) bond motifs is 5. The summed E-state index contributed by atoms with van der Waals surface area (Å²) in [7, 11) is 1.62. The Bertz CT molecular complexity index is 1050. The minimum absolute atomic E-state index is 0.0533. The molecule has 2 aromatic rings. The van der Waals surface area contributed by atoms with E-state index < -0.39 is 0 Å². The van der Waals surface area contributed by atoms with Crippen LogP contribution < -0.4 is 18.9 Å². The maximum absolute atomic E-state index is 12.6. The Labute approximate surface area is 155 Å². The number of hydrogen-bond donors (Lipinski definition) is 0. The highest BCUT2D eigenvalue weighted by molar-refractivity contribution is 6.07. The first kappa shape index (κ1) is 15.0. The molecule has 0 amide bonds. The van der Waals surface area contributed by atoms with Gasteiger partial charge in [0.15, 0.2) is 23.0 Å². The first-order valence-corrected chi connectivity index (χ1v) is 8.92. The third kappa shape index (κ3) is 1.87. The Morgan fingerprint density at radius 3 is 2.85 bits per heavy atom. The molecule has 0 spiro atoms. The number of carbonyl (C=O) groups is 1. The second kappa shape index (κ2) is 5.19. The van der Waals surface area contributed by atoms with Gasteiger partial charge in [0.05, 0.1) is 19.3 Å². The fourth-order valence-corrected chi connectivity index (χ4v) is 4.56. The van der Waals surface area contributed by atoms with Crippen LogP contribution in [0.5, 0.6) is 23.0 Å². The van der Waals surface area contributed by atoms with Crippen LogP contribution in [0.3, 0.4) is 0 Å². The molecule has 0 saturated carbocycles. The molecule has 2 aromatic carbocycles. The Morgan fingerprint density at radius 1 is 1.04 bits per heavy atom. The molecule has 3 aliphatic heterocycles. The van der Waals surface area contributed by atoms with Crippen LogP contribution in [0.2, 0.25) is 0 Å². The molecule has 0 unspecified atom stereocenters. The number of esters is 1. The van der Waals surface area contributed by atoms with Crippen LogP contribution in [0.4, 0.5) is 0 Å². The summed E-state index contributed by atoms with van der Waals surface area (Å²) >= 11 is 0. The van der Waals surface area contributed by atoms with E-state index in [1.807, 2.05) is 18.2 Å². The van der Waals surface area contributed by atoms with E-state index >= 15 is 0 Å². The molecule has 136 valence electrons. The topological polar surface area (TPSA) is 63.2 Å². The highest BCUT2D eigenvalue weighted by Gasteiger charge is 2.42. The van der Waals surface area contributed by atoms with Crippen LogP contribution in [0.25, 0.3) is 5.57 Å². The van der Waals surface area contributed by atoms with E-state index in [2.05, 4.69) is 6.07 Å². The van der Waals surface area contributed by atoms with Gasteiger partial charge in [-0.2, -0.15) is 0 Å². The molecule has 6 heteroatoms. The molecule has 1 fully saturated rings. The van der Waals surface area contributed by atoms with Gasteiger partial charge in [-0.15, -0.1) is 0 Å². The largest absolute Gasteiger partial charge is 0.493 e. The van der Waals surface area contributed by atoms with Gasteiger partial charge < -0.3 is 23.7 Å². The molecule has 4 aliphatic rings. The van der Waals surface area contributed by atoms with E-state index in [9.17, 15) is 4.79 Å². The van der Waals surface area contributed by atoms with E-state index in [1.54, 1.807) is 7.11 Å². The van der Waals surface area contributed by atoms with E-state index in [0.717, 1.165) is 39.8 Å². The molecule has 6 nitrogen and oxygen atoms in total. The Kier molecular flexibility index (Phi) is 2.88. The first-order valence-electron chi connectivity index (χ1n) is 8.92. The lowest BCUT2D eigenvalue weighted by molar-refractivity contribution is -0.135. The zero-order valence-electron chi connectivity index (χ0n) is 14.7. The van der Waals surface area contributed by atoms with Gasteiger partial charge in [-0.3, -0.25) is 0 Å². The molecule has 0 N–H and O–H groups in total. The Balaban J connectivity index is 1.73. The summed E-state index contributed by atoms with van der Waals surface area (Å²) in [5, 5.41) is 0. The van der Waals surface area contributed by atoms with Crippen molar-refractivity contribution in [2.75, 3.05) is 20.5 Å². The van der Waals surface area contributed by atoms with Gasteiger partial charge in [-0.05, 0) is 35.7 Å². The quantitative estimate of drug-likeness (QED) is 0.725. The summed E-state index contributed by atoms with van der Waals surface area (Å²) < 4.78 is 28.4. The van der Waals surface area contributed by atoms with Gasteiger partial charge in [-0.25, -0.2) is 4.79 Å². The molecule has 27 heavy (non-hydrogen) atoms. The van der Waals surface area contributed by atoms with Gasteiger partial charge >= 0.3 is 5.97 Å². The third-order valence-corrected chi connectivity index (χ3v) is 5.73. The second-order valence-corrected chi connectivity index (χ2v) is 7.03. The minimum Gasteiger partial charge on any atom is -0.493 e. The molecular weight excluding hydrogens is 348 g/mol. The Hall–Kier alpha value is -3.15. The number of rotatable bonds is 1. The second-order valence-electron chi connectivity index (χ2n) is 7.03. The standard InChI is InChI=1S/C21H16O6/c1-23-14-4-2-10-6-11-7-25-21(22)17(11)18-12-3-5-15-19(27-9-26-15)13(12)8-24-20(14)16(10)18/h2-5,11H,6-9H2,1H3/t11-/m0/s1. The van der Waals surface area contributed by atoms with Crippen LogP contribution >= 0.6 is 0 Å². The van der Waals surface area contributed by atoms with E-state index in [0.29, 0.717) is 36.2 Å². The van der Waals surface area contributed by atoms with Crippen LogP contribution in [-0.2, 0) is 22.6 Å². The van der Waals surface area contributed by atoms with Gasteiger partial charge in [0.1, 0.15) is 6.61 Å². The monoisotopic (exact) mass is 364 g/mol. The summed E-state index contributed by atoms with van der Waals surface area (Å²) in [5.74, 6) is 2.50. The first-order chi connectivity index (χ1) is 13.3. The summed E-state index contributed by atoms with van der Waals surface area (Å²) in [6.45, 7) is 0.911. The fourth-order valence-electron chi connectivity index (χ4n) is 4.56. The van der Waals surface area contributed by atoms with E-state index in [-0.39, 0.29) is 18.7 Å². The summed E-state index contributed by atoms with van der Waals surface area (Å²) in [5.41, 5.74) is 5.49. The lowest BCUT2D eigenvalue weighted by Gasteiger charge is -2.25. The van der Waals surface area contributed by atoms with Crippen LogP contribution in [0.1, 0.15) is 22.3 Å². The van der Waals surface area contributed by atoms with Gasteiger partial charge in [0, 0.05) is 22.6 Å². The molecule has 3 heterocycles. The highest BCUT2D eigenvalue weighted by atomic mass is 16.7. The zero-order valence-corrected chi connectivity index (χ0v) is 14.7. The van der Waals surface area contributed by atoms with Crippen molar-refractivity contribution in [3.8, 4) is 23.0 Å². The normalized spacial score (nSPS) is 20.9. The number of benzene rings is 2. The van der Waals surface area contributed by atoms with Crippen molar-refractivity contribution in [1.29, 1.82) is 0 Å². The third-order valence-electron chi connectivity index (χ3n) is 5.73. The lowest BCUT2D eigenvalue weighted by Crippen LogP contribution is -2.17. The Morgan fingerprint density at radius 2 is 1.96 bits per heavy atom. The number of hydrogen-bond acceptors (Lipinski definition) is 6. The van der Waals surface area contributed by atoms with E-state index in [4.69, 9.17) is 23.7 Å². The van der Waals surface area contributed by atoms with Crippen molar-refractivity contribution in [3.05, 3.63) is 52.1 Å². The van der Waals surface area contributed by atoms with Gasteiger partial charge in [-0.1, -0.05) is 6.07 Å². The number of carbonyl (C=O) groups excluding carboxylic acids is 1. The lowest BCUT2D eigenvalue weighted by atomic mass is 9.76. The number of methoxy groups -OCH3 is 1. The van der Waals surface area contributed by atoms with Crippen molar-refractivity contribution >= 4 is 11.5 Å². The molecular formula is C21H16O6. The molecule has 0 radical (unpaired) electrons. The highest BCUT2D eigenvalue weighted by Crippen LogP contribution is 2.53. The summed E-state index contributed by atoms with van der Waals surface area (Å²) in [6.07, 6.45) is 0.750. The van der Waals surface area contributed by atoms with Crippen molar-refractivity contribution in [2.45, 2.75) is 13.0 Å². The summed E-state index contributed by atoms with van der Waals surface area (Å²) in [6, 6.07) is 7.86. The van der Waals surface area contributed by atoms with Crippen molar-refractivity contribution in [2.24, 2.45) is 5.92 Å². The van der Waals surface area contributed by atoms with Crippen LogP contribution in [0, 0.1) is 5.92 Å². The average Bonchev–Trinajstić information content (AvgIpc) is 3.27. The smallest absolute Gasteiger partial charge is 0.335 e. The van der Waals surface area contributed by atoms with Gasteiger partial charge in [0.25, 0.3) is 0 Å². The maximum atomic E-state index is 12.6. The number of ether oxygens (including phenoxy) is 5. The molecule has 1 atom stereocenters. The zero-order chi connectivity index (χ0) is 18.1. The predicted molar refractivity (Wildman–Crippen MR) is 94.1 cm³/mol. The average molecular weight is 364 g/mol. The fraction of sp³-hybridized carbons (Fsp3) is 0.286. The molecule has 1 aliphatic carbocycles. The SMILES string of the molecule is COc1ccc2c3c1OCc1c(ccc4c1OCO4)C3=C1C(=O)OC[C@@H]1C2. The van der Waals surface area contributed by atoms with Crippen LogP contribution in [-0.4, -0.2) is 26.5 Å². The molecule has 0 bridgehead atoms. The van der Waals surface area contributed by atoms with Crippen molar-refractivity contribution in [1.82, 2.24) is 0 Å². The maximum Gasteiger partial charge on any atom is 0.335 e. The minimum atomic E-state index is -0.250. The number of cyclic esters (lactones) is 1. The summed E-state index contributed by atoms with van der Waals surface area (Å²) in [4.78, 5) is 12.6. The van der Waals surface area contributed by atoms with Crippen LogP contribution in [0.15, 0.2) is 29.8 Å². The molecule has 6 rings (SSSR count). The molecule has 0 aromatic heterocycles. The van der Waals surface area contributed by atoms with Crippen molar-refractivity contribution in [3.63, 3.8) is 0 Å². The van der Waals surface area contributed by atoms with Crippen molar-refractivity contribution < 1.29 is 28.5 Å².